The molecule has 59 valence electrons. The molecule has 0 amide bonds. The Hall–Kier alpha value is -0.150. The summed E-state index contributed by atoms with van der Waals surface area (Å²) in [7, 11) is 0. The van der Waals surface area contributed by atoms with Crippen LogP contribution in [0.15, 0.2) is 0 Å². The summed E-state index contributed by atoms with van der Waals surface area (Å²) in [5, 5.41) is 10.0. The number of hydrogen-bond acceptors (Lipinski definition) is 1. The molecule has 1 fully saturated rings. The molecule has 0 bridgehead atoms. The molecule has 0 aromatic heterocycles. The lowest BCUT2D eigenvalue weighted by molar-refractivity contribution is 0.170. The standard InChI is InChI=1S/C7H13FNO/c8-7-2-4-9(6-7)3-1-5-10/h7H,1-6H2. The highest BCUT2D eigenvalue weighted by molar-refractivity contribution is 4.74. The van der Waals surface area contributed by atoms with Crippen molar-refractivity contribution in [3.05, 3.63) is 0 Å². The van der Waals surface area contributed by atoms with Gasteiger partial charge in [0.2, 0.25) is 0 Å². The highest BCUT2D eigenvalue weighted by Crippen LogP contribution is 2.11. The second kappa shape index (κ2) is 3.88. The van der Waals surface area contributed by atoms with E-state index >= 15 is 0 Å². The second-order valence-electron chi connectivity index (χ2n) is 2.74. The molecule has 2 nitrogen and oxygen atoms in total. The van der Waals surface area contributed by atoms with E-state index in [0.29, 0.717) is 19.4 Å². The number of nitrogens with zero attached hydrogens (tertiary/aromatic N) is 1. The Kier molecular flexibility index (Phi) is 3.09. The molecule has 1 atom stereocenters. The van der Waals surface area contributed by atoms with E-state index in [2.05, 4.69) is 0 Å². The van der Waals surface area contributed by atoms with E-state index in [4.69, 9.17) is 0 Å². The van der Waals surface area contributed by atoms with Gasteiger partial charge < -0.3 is 4.90 Å². The molecule has 0 N–H and O–H groups in total. The Morgan fingerprint density at radius 2 is 2.40 bits per heavy atom. The van der Waals surface area contributed by atoms with Gasteiger partial charge >= 0.3 is 0 Å². The van der Waals surface area contributed by atoms with Gasteiger partial charge in [0, 0.05) is 19.6 Å². The summed E-state index contributed by atoms with van der Waals surface area (Å²) < 4.78 is 12.5. The van der Waals surface area contributed by atoms with E-state index in [1.165, 1.54) is 0 Å². The van der Waals surface area contributed by atoms with Crippen molar-refractivity contribution in [3.63, 3.8) is 0 Å². The molecule has 1 unspecified atom stereocenters. The van der Waals surface area contributed by atoms with Crippen LogP contribution in [0.5, 0.6) is 0 Å². The molecule has 10 heavy (non-hydrogen) atoms. The summed E-state index contributed by atoms with van der Waals surface area (Å²) in [6.07, 6.45) is 0.664. The first kappa shape index (κ1) is 7.95. The van der Waals surface area contributed by atoms with Gasteiger partial charge in [-0.3, -0.25) is 0 Å². The number of alkyl halides is 1. The maximum atomic E-state index is 12.5. The Morgan fingerprint density at radius 1 is 1.60 bits per heavy atom. The van der Waals surface area contributed by atoms with Crippen LogP contribution in [-0.2, 0) is 5.11 Å². The predicted octanol–water partition coefficient (Wildman–Crippen LogP) is 0.851. The zero-order chi connectivity index (χ0) is 7.40. The molecule has 1 radical (unpaired) electrons. The fourth-order valence-electron chi connectivity index (χ4n) is 1.28. The number of halogens is 1. The molecule has 1 rings (SSSR count). The summed E-state index contributed by atoms with van der Waals surface area (Å²) in [6.45, 7) is 2.12. The molecule has 0 spiro atoms. The largest absolute Gasteiger partial charge is 0.300 e. The quantitative estimate of drug-likeness (QED) is 0.579. The van der Waals surface area contributed by atoms with Crippen LogP contribution in [0.2, 0.25) is 0 Å². The number of hydrogen-bond donors (Lipinski definition) is 0. The van der Waals surface area contributed by atoms with Crippen molar-refractivity contribution in [2.24, 2.45) is 0 Å². The molecular formula is C7H13FNO. The lowest BCUT2D eigenvalue weighted by atomic mass is 10.3. The highest BCUT2D eigenvalue weighted by Gasteiger charge is 2.20. The number of rotatable bonds is 3. The third-order valence-corrected chi connectivity index (χ3v) is 1.83. The summed E-state index contributed by atoms with van der Waals surface area (Å²) >= 11 is 0. The summed E-state index contributed by atoms with van der Waals surface area (Å²) in [4.78, 5) is 2.02. The van der Waals surface area contributed by atoms with E-state index < -0.39 is 6.17 Å². The molecule has 1 aliphatic heterocycles. The van der Waals surface area contributed by atoms with Gasteiger partial charge in [-0.2, -0.15) is 0 Å². The van der Waals surface area contributed by atoms with Crippen LogP contribution < -0.4 is 0 Å². The molecule has 0 aromatic carbocycles. The molecule has 0 aliphatic carbocycles. The first-order valence-electron chi connectivity index (χ1n) is 3.77. The monoisotopic (exact) mass is 146 g/mol. The van der Waals surface area contributed by atoms with Crippen molar-refractivity contribution in [3.8, 4) is 0 Å². The minimum atomic E-state index is -0.647. The van der Waals surface area contributed by atoms with Crippen molar-refractivity contribution in [2.75, 3.05) is 26.2 Å². The van der Waals surface area contributed by atoms with Gasteiger partial charge in [-0.1, -0.05) is 0 Å². The third kappa shape index (κ3) is 2.23. The van der Waals surface area contributed by atoms with E-state index in [-0.39, 0.29) is 6.61 Å². The fourth-order valence-corrected chi connectivity index (χ4v) is 1.28. The van der Waals surface area contributed by atoms with Crippen LogP contribution in [0.25, 0.3) is 0 Å². The fraction of sp³-hybridized carbons (Fsp3) is 1.00. The van der Waals surface area contributed by atoms with E-state index in [0.717, 1.165) is 13.1 Å². The van der Waals surface area contributed by atoms with Crippen molar-refractivity contribution in [1.29, 1.82) is 0 Å². The van der Waals surface area contributed by atoms with E-state index in [9.17, 15) is 9.50 Å². The van der Waals surface area contributed by atoms with Gasteiger partial charge in [0.05, 0.1) is 6.61 Å². The lowest BCUT2D eigenvalue weighted by Gasteiger charge is -2.11. The molecule has 3 heteroatoms. The molecular weight excluding hydrogens is 133 g/mol. The van der Waals surface area contributed by atoms with Crippen LogP contribution in [0.4, 0.5) is 4.39 Å². The van der Waals surface area contributed by atoms with Crippen LogP contribution >= 0.6 is 0 Å². The summed E-state index contributed by atoms with van der Waals surface area (Å²) in [5.74, 6) is 0. The minimum Gasteiger partial charge on any atom is -0.300 e. The van der Waals surface area contributed by atoms with Gasteiger partial charge in [-0.05, 0) is 12.8 Å². The highest BCUT2D eigenvalue weighted by atomic mass is 19.1. The third-order valence-electron chi connectivity index (χ3n) is 1.83. The zero-order valence-corrected chi connectivity index (χ0v) is 6.05. The van der Waals surface area contributed by atoms with E-state index in [1.807, 2.05) is 4.90 Å². The minimum absolute atomic E-state index is 0.0343. The van der Waals surface area contributed by atoms with Crippen LogP contribution in [0, 0.1) is 0 Å². The smallest absolute Gasteiger partial charge is 0.114 e. The lowest BCUT2D eigenvalue weighted by Crippen LogP contribution is -2.22. The maximum Gasteiger partial charge on any atom is 0.114 e. The van der Waals surface area contributed by atoms with Crippen LogP contribution in [-0.4, -0.2) is 37.3 Å². The zero-order valence-electron chi connectivity index (χ0n) is 6.05. The van der Waals surface area contributed by atoms with Gasteiger partial charge in [-0.25, -0.2) is 9.50 Å². The SMILES string of the molecule is [O]CCCN1CCC(F)C1. The van der Waals surface area contributed by atoms with Crippen molar-refractivity contribution in [1.82, 2.24) is 4.90 Å². The second-order valence-corrected chi connectivity index (χ2v) is 2.74. The van der Waals surface area contributed by atoms with Gasteiger partial charge in [0.25, 0.3) is 0 Å². The van der Waals surface area contributed by atoms with Gasteiger partial charge in [0.1, 0.15) is 6.17 Å². The molecule has 0 aromatic rings. The number of likely N-dealkylation sites (tertiary alicyclic amines) is 1. The molecule has 1 aliphatic rings. The average molecular weight is 146 g/mol. The Bertz CT molecular complexity index is 99.6. The Morgan fingerprint density at radius 3 is 2.90 bits per heavy atom. The summed E-state index contributed by atoms with van der Waals surface area (Å²) in [5.41, 5.74) is 0. The van der Waals surface area contributed by atoms with Crippen LogP contribution in [0.3, 0.4) is 0 Å². The van der Waals surface area contributed by atoms with Crippen molar-refractivity contribution >= 4 is 0 Å². The van der Waals surface area contributed by atoms with Crippen molar-refractivity contribution in [2.45, 2.75) is 19.0 Å². The first-order valence-corrected chi connectivity index (χ1v) is 3.77. The first-order chi connectivity index (χ1) is 4.83. The topological polar surface area (TPSA) is 23.1 Å². The Balaban J connectivity index is 2.06. The molecule has 1 saturated heterocycles. The predicted molar refractivity (Wildman–Crippen MR) is 36.1 cm³/mol. The molecule has 1 heterocycles. The Labute approximate surface area is 60.6 Å². The van der Waals surface area contributed by atoms with Gasteiger partial charge in [-0.15, -0.1) is 0 Å². The van der Waals surface area contributed by atoms with Crippen LogP contribution in [0.1, 0.15) is 12.8 Å². The van der Waals surface area contributed by atoms with Gasteiger partial charge in [0.15, 0.2) is 0 Å². The molecule has 0 saturated carbocycles. The normalized spacial score (nSPS) is 27.6. The maximum absolute atomic E-state index is 12.5. The summed E-state index contributed by atoms with van der Waals surface area (Å²) in [6, 6.07) is 0. The van der Waals surface area contributed by atoms with Crippen molar-refractivity contribution < 1.29 is 9.50 Å². The average Bonchev–Trinajstić information content (AvgIpc) is 2.31. The van der Waals surface area contributed by atoms with E-state index in [1.54, 1.807) is 0 Å².